The highest BCUT2D eigenvalue weighted by molar-refractivity contribution is 5.98. The Kier molecular flexibility index (Phi) is 12.7. The van der Waals surface area contributed by atoms with E-state index in [1.807, 2.05) is 146 Å². The van der Waals surface area contributed by atoms with Crippen LogP contribution in [-0.2, 0) is 0 Å². The molecule has 0 saturated heterocycles. The van der Waals surface area contributed by atoms with Gasteiger partial charge in [0.25, 0.3) is 0 Å². The summed E-state index contributed by atoms with van der Waals surface area (Å²) in [6.07, 6.45) is 7.90. The van der Waals surface area contributed by atoms with Crippen LogP contribution in [0.15, 0.2) is 170 Å². The minimum atomic E-state index is 0.511. The molecule has 0 spiro atoms. The van der Waals surface area contributed by atoms with Crippen molar-refractivity contribution in [1.29, 1.82) is 10.5 Å². The van der Waals surface area contributed by atoms with Crippen LogP contribution in [0.2, 0.25) is 0 Å². The average molecular weight is 837 g/mol. The van der Waals surface area contributed by atoms with Gasteiger partial charge in [0, 0.05) is 44.9 Å². The molecule has 8 nitrogen and oxygen atoms in total. The summed E-state index contributed by atoms with van der Waals surface area (Å²) in [5.74, 6) is 3.13. The Morgan fingerprint density at radius 2 is 0.578 bits per heavy atom. The first kappa shape index (κ1) is 42.0. The SMILES string of the molecule is COc1ccc(N(c2ccc(C=Cc3ccc4c(C#N)c(C=Cc5ccc(N(c6ccc(OC)cc6)c6ccc(OC)cc6)cc5)ccc4c3C#N)cc2)c2ccc(OC)cc2)cc1. The molecule has 0 aliphatic rings. The second-order valence-corrected chi connectivity index (χ2v) is 14.7. The van der Waals surface area contributed by atoms with Crippen LogP contribution in [0.4, 0.5) is 34.1 Å². The van der Waals surface area contributed by atoms with Gasteiger partial charge in [-0.05, 0) is 144 Å². The molecule has 0 heterocycles. The van der Waals surface area contributed by atoms with Crippen LogP contribution in [-0.4, -0.2) is 28.4 Å². The van der Waals surface area contributed by atoms with Crippen molar-refractivity contribution in [1.82, 2.24) is 0 Å². The predicted octanol–water partition coefficient (Wildman–Crippen LogP) is 13.9. The van der Waals surface area contributed by atoms with Crippen LogP contribution in [0.1, 0.15) is 33.4 Å². The molecule has 0 unspecified atom stereocenters. The summed E-state index contributed by atoms with van der Waals surface area (Å²) >= 11 is 0. The van der Waals surface area contributed by atoms with Crippen molar-refractivity contribution >= 4 is 69.2 Å². The molecule has 0 radical (unpaired) electrons. The summed E-state index contributed by atoms with van der Waals surface area (Å²) in [6, 6.07) is 60.8. The minimum absolute atomic E-state index is 0.511. The lowest BCUT2D eigenvalue weighted by Crippen LogP contribution is -2.09. The van der Waals surface area contributed by atoms with Crippen LogP contribution < -0.4 is 28.7 Å². The van der Waals surface area contributed by atoms with Gasteiger partial charge in [-0.2, -0.15) is 10.5 Å². The minimum Gasteiger partial charge on any atom is -0.497 e. The maximum atomic E-state index is 10.4. The van der Waals surface area contributed by atoms with Crippen molar-refractivity contribution in [3.63, 3.8) is 0 Å². The molecule has 0 amide bonds. The highest BCUT2D eigenvalue weighted by atomic mass is 16.5. The van der Waals surface area contributed by atoms with Crippen molar-refractivity contribution in [2.24, 2.45) is 0 Å². The van der Waals surface area contributed by atoms with Crippen LogP contribution in [0, 0.1) is 22.7 Å². The molecule has 8 aromatic carbocycles. The predicted molar refractivity (Wildman–Crippen MR) is 260 cm³/mol. The summed E-state index contributed by atoms with van der Waals surface area (Å²) in [7, 11) is 6.63. The molecule has 0 N–H and O–H groups in total. The largest absolute Gasteiger partial charge is 0.497 e. The van der Waals surface area contributed by atoms with Crippen LogP contribution in [0.3, 0.4) is 0 Å². The fraction of sp³-hybridized carbons (Fsp3) is 0.0714. The third kappa shape index (κ3) is 8.99. The van der Waals surface area contributed by atoms with Gasteiger partial charge in [-0.15, -0.1) is 0 Å². The standard InChI is InChI=1S/C56H44N4O4/c1-61-49-27-19-45(20-28-49)59(46-21-29-50(62-2)30-22-46)43-15-7-39(8-16-43)5-11-41-13-35-54-53(55(41)37-57)36-14-42(56(54)38-58)12-6-40-9-17-44(18-10-40)60(47-23-31-51(63-3)32-24-47)48-25-33-52(64-4)34-26-48/h5-36H,1-4H3. The zero-order chi connectivity index (χ0) is 44.4. The van der Waals surface area contributed by atoms with Crippen molar-refractivity contribution in [3.05, 3.63) is 203 Å². The lowest BCUT2D eigenvalue weighted by Gasteiger charge is -2.26. The number of fused-ring (bicyclic) bond motifs is 1. The number of hydrogen-bond acceptors (Lipinski definition) is 8. The van der Waals surface area contributed by atoms with E-state index in [1.165, 1.54) is 0 Å². The number of nitriles is 2. The van der Waals surface area contributed by atoms with E-state index in [9.17, 15) is 10.5 Å². The van der Waals surface area contributed by atoms with Crippen LogP contribution in [0.5, 0.6) is 23.0 Å². The molecule has 0 aromatic heterocycles. The first-order chi connectivity index (χ1) is 31.4. The molecular formula is C56H44N4O4. The molecule has 0 saturated carbocycles. The normalized spacial score (nSPS) is 11.0. The summed E-state index contributed by atoms with van der Waals surface area (Å²) < 4.78 is 21.6. The Hall–Kier alpha value is -8.72. The highest BCUT2D eigenvalue weighted by Gasteiger charge is 2.16. The van der Waals surface area contributed by atoms with Gasteiger partial charge < -0.3 is 28.7 Å². The Labute approximate surface area is 373 Å². The number of hydrogen-bond donors (Lipinski definition) is 0. The maximum Gasteiger partial charge on any atom is 0.119 e. The summed E-state index contributed by atoms with van der Waals surface area (Å²) in [5, 5.41) is 22.3. The van der Waals surface area contributed by atoms with E-state index < -0.39 is 0 Å². The second kappa shape index (κ2) is 19.3. The second-order valence-electron chi connectivity index (χ2n) is 14.7. The molecule has 64 heavy (non-hydrogen) atoms. The first-order valence-electron chi connectivity index (χ1n) is 20.6. The number of nitrogens with zero attached hydrogens (tertiary/aromatic N) is 4. The van der Waals surface area contributed by atoms with Crippen LogP contribution >= 0.6 is 0 Å². The van der Waals surface area contributed by atoms with E-state index >= 15 is 0 Å². The molecule has 8 aromatic rings. The zero-order valence-corrected chi connectivity index (χ0v) is 35.9. The number of methoxy groups -OCH3 is 4. The summed E-state index contributed by atoms with van der Waals surface area (Å²) in [5.41, 5.74) is 10.4. The van der Waals surface area contributed by atoms with E-state index in [-0.39, 0.29) is 0 Å². The lowest BCUT2D eigenvalue weighted by atomic mass is 9.93. The Bertz CT molecular complexity index is 2720. The molecular weight excluding hydrogens is 793 g/mol. The maximum absolute atomic E-state index is 10.4. The number of rotatable bonds is 14. The average Bonchev–Trinajstić information content (AvgIpc) is 3.36. The van der Waals surface area contributed by atoms with Gasteiger partial charge >= 0.3 is 0 Å². The van der Waals surface area contributed by atoms with E-state index in [0.717, 1.165) is 90.1 Å². The Morgan fingerprint density at radius 1 is 0.328 bits per heavy atom. The van der Waals surface area contributed by atoms with Gasteiger partial charge in [0.1, 0.15) is 35.1 Å². The van der Waals surface area contributed by atoms with E-state index in [0.29, 0.717) is 11.1 Å². The van der Waals surface area contributed by atoms with E-state index in [4.69, 9.17) is 18.9 Å². The van der Waals surface area contributed by atoms with Crippen molar-refractivity contribution < 1.29 is 18.9 Å². The van der Waals surface area contributed by atoms with E-state index in [2.05, 4.69) is 70.5 Å². The van der Waals surface area contributed by atoms with Gasteiger partial charge in [0.05, 0.1) is 39.6 Å². The summed E-state index contributed by atoms with van der Waals surface area (Å²) in [4.78, 5) is 4.33. The smallest absolute Gasteiger partial charge is 0.119 e. The van der Waals surface area contributed by atoms with Crippen LogP contribution in [0.25, 0.3) is 35.1 Å². The summed E-state index contributed by atoms with van der Waals surface area (Å²) in [6.45, 7) is 0. The fourth-order valence-corrected chi connectivity index (χ4v) is 7.63. The quantitative estimate of drug-likeness (QED) is 0.100. The Morgan fingerprint density at radius 3 is 0.812 bits per heavy atom. The molecule has 0 aliphatic heterocycles. The first-order valence-corrected chi connectivity index (χ1v) is 20.6. The zero-order valence-electron chi connectivity index (χ0n) is 35.9. The topological polar surface area (TPSA) is 91.0 Å². The van der Waals surface area contributed by atoms with Crippen molar-refractivity contribution in [2.45, 2.75) is 0 Å². The van der Waals surface area contributed by atoms with Gasteiger partial charge in [-0.3, -0.25) is 0 Å². The molecule has 0 fully saturated rings. The van der Waals surface area contributed by atoms with Crippen molar-refractivity contribution in [3.8, 4) is 35.1 Å². The number of ether oxygens (including phenoxy) is 4. The monoisotopic (exact) mass is 836 g/mol. The van der Waals surface area contributed by atoms with E-state index in [1.54, 1.807) is 28.4 Å². The van der Waals surface area contributed by atoms with Crippen molar-refractivity contribution in [2.75, 3.05) is 38.2 Å². The van der Waals surface area contributed by atoms with Gasteiger partial charge in [0.15, 0.2) is 0 Å². The lowest BCUT2D eigenvalue weighted by molar-refractivity contribution is 0.414. The molecule has 8 rings (SSSR count). The number of benzene rings is 8. The third-order valence-corrected chi connectivity index (χ3v) is 11.0. The fourth-order valence-electron chi connectivity index (χ4n) is 7.63. The Balaban J connectivity index is 1.03. The van der Waals surface area contributed by atoms with Gasteiger partial charge in [-0.1, -0.05) is 72.8 Å². The molecule has 0 atom stereocenters. The number of anilines is 6. The molecule has 8 heteroatoms. The third-order valence-electron chi connectivity index (χ3n) is 11.0. The van der Waals surface area contributed by atoms with Gasteiger partial charge in [0.2, 0.25) is 0 Å². The molecule has 312 valence electrons. The highest BCUT2D eigenvalue weighted by Crippen LogP contribution is 2.38. The molecule has 0 bridgehead atoms. The molecule has 0 aliphatic carbocycles. The van der Waals surface area contributed by atoms with Gasteiger partial charge in [-0.25, -0.2) is 0 Å².